The van der Waals surface area contributed by atoms with Crippen molar-refractivity contribution in [3.63, 3.8) is 0 Å². The Hall–Kier alpha value is -1.41. The largest absolute Gasteiger partial charge is 0.325 e. The molecule has 1 N–H and O–H groups in total. The summed E-state index contributed by atoms with van der Waals surface area (Å²) >= 11 is 6.87. The molecule has 1 aliphatic heterocycles. The Morgan fingerprint density at radius 1 is 1.24 bits per heavy atom. The summed E-state index contributed by atoms with van der Waals surface area (Å²) in [6.45, 7) is 4.24. The first-order valence-corrected chi connectivity index (χ1v) is 10.6. The Morgan fingerprint density at radius 3 is 2.52 bits per heavy atom. The highest BCUT2D eigenvalue weighted by Gasteiger charge is 2.40. The van der Waals surface area contributed by atoms with E-state index < -0.39 is 16.1 Å². The molecule has 1 fully saturated rings. The van der Waals surface area contributed by atoms with E-state index in [1.807, 2.05) is 32.0 Å². The first-order valence-electron chi connectivity index (χ1n) is 7.94. The van der Waals surface area contributed by atoms with Crippen LogP contribution in [0.1, 0.15) is 24.0 Å². The summed E-state index contributed by atoms with van der Waals surface area (Å²) in [6, 6.07) is 8.10. The first-order chi connectivity index (χ1) is 11.8. The van der Waals surface area contributed by atoms with Crippen molar-refractivity contribution in [2.24, 2.45) is 0 Å². The number of amides is 1. The number of rotatable bonds is 4. The number of benzene rings is 1. The maximum absolute atomic E-state index is 12.8. The molecule has 1 atom stereocenters. The van der Waals surface area contributed by atoms with Gasteiger partial charge in [0.1, 0.15) is 10.3 Å². The maximum atomic E-state index is 12.8. The molecule has 1 aliphatic rings. The minimum absolute atomic E-state index is 0.170. The van der Waals surface area contributed by atoms with Gasteiger partial charge in [-0.2, -0.15) is 4.31 Å². The molecule has 2 heterocycles. The topological polar surface area (TPSA) is 66.5 Å². The number of nitrogens with one attached hydrogen (secondary N) is 1. The van der Waals surface area contributed by atoms with E-state index in [9.17, 15) is 13.2 Å². The third-order valence-corrected chi connectivity index (χ3v) is 7.71. The van der Waals surface area contributed by atoms with E-state index >= 15 is 0 Å². The lowest BCUT2D eigenvalue weighted by molar-refractivity contribution is -0.119. The Balaban J connectivity index is 1.82. The van der Waals surface area contributed by atoms with Crippen LogP contribution in [0.15, 0.2) is 34.5 Å². The summed E-state index contributed by atoms with van der Waals surface area (Å²) in [7, 11) is -3.71. The normalized spacial score (nSPS) is 18.4. The highest BCUT2D eigenvalue weighted by molar-refractivity contribution is 7.91. The smallest absolute Gasteiger partial charge is 0.253 e. The minimum Gasteiger partial charge on any atom is -0.325 e. The van der Waals surface area contributed by atoms with Crippen LogP contribution in [0.4, 0.5) is 5.69 Å². The molecule has 1 aromatic carbocycles. The Kier molecular flexibility index (Phi) is 5.20. The van der Waals surface area contributed by atoms with Gasteiger partial charge in [-0.1, -0.05) is 17.7 Å². The molecule has 5 nitrogen and oxygen atoms in total. The maximum Gasteiger partial charge on any atom is 0.253 e. The molecule has 134 valence electrons. The van der Waals surface area contributed by atoms with Crippen molar-refractivity contribution in [1.82, 2.24) is 4.31 Å². The molecule has 1 unspecified atom stereocenters. The van der Waals surface area contributed by atoms with Gasteiger partial charge in [-0.3, -0.25) is 4.79 Å². The second kappa shape index (κ2) is 7.07. The zero-order chi connectivity index (χ0) is 18.2. The van der Waals surface area contributed by atoms with E-state index in [1.54, 1.807) is 6.07 Å². The number of aryl methyl sites for hydroxylation is 2. The van der Waals surface area contributed by atoms with Crippen molar-refractivity contribution in [2.75, 3.05) is 11.9 Å². The van der Waals surface area contributed by atoms with Crippen LogP contribution in [-0.2, 0) is 14.8 Å². The number of thiophene rings is 1. The third-order valence-electron chi connectivity index (χ3n) is 4.11. The summed E-state index contributed by atoms with van der Waals surface area (Å²) < 4.78 is 27.5. The highest BCUT2D eigenvalue weighted by Crippen LogP contribution is 2.32. The van der Waals surface area contributed by atoms with E-state index in [0.29, 0.717) is 29.4 Å². The van der Waals surface area contributed by atoms with Crippen LogP contribution < -0.4 is 5.32 Å². The standard InChI is InChI=1S/C17H19ClN2O3S2/c1-11-8-12(2)10-13(9-11)19-17(21)14-4-3-7-20(14)25(22,23)16-6-5-15(18)24-16/h5-6,8-10,14H,3-4,7H2,1-2H3,(H,19,21). The van der Waals surface area contributed by atoms with E-state index in [4.69, 9.17) is 11.6 Å². The molecule has 1 aromatic heterocycles. The molecule has 3 rings (SSSR count). The van der Waals surface area contributed by atoms with Gasteiger partial charge in [-0.25, -0.2) is 8.42 Å². The number of carbonyl (C=O) groups is 1. The zero-order valence-corrected chi connectivity index (χ0v) is 16.3. The van der Waals surface area contributed by atoms with E-state index in [1.165, 1.54) is 10.4 Å². The fourth-order valence-corrected chi connectivity index (χ4v) is 6.38. The van der Waals surface area contributed by atoms with Gasteiger partial charge in [0.2, 0.25) is 5.91 Å². The van der Waals surface area contributed by atoms with Crippen molar-refractivity contribution >= 4 is 44.6 Å². The molecule has 25 heavy (non-hydrogen) atoms. The molecule has 0 bridgehead atoms. The Morgan fingerprint density at radius 2 is 1.92 bits per heavy atom. The summed E-state index contributed by atoms with van der Waals surface area (Å²) in [5, 5.41) is 2.86. The van der Waals surface area contributed by atoms with Gasteiger partial charge in [-0.15, -0.1) is 11.3 Å². The van der Waals surface area contributed by atoms with E-state index in [-0.39, 0.29) is 10.1 Å². The number of anilines is 1. The lowest BCUT2D eigenvalue weighted by Gasteiger charge is -2.22. The molecule has 2 aromatic rings. The fourth-order valence-electron chi connectivity index (χ4n) is 3.11. The SMILES string of the molecule is Cc1cc(C)cc(NC(=O)C2CCCN2S(=O)(=O)c2ccc(Cl)s2)c1. The van der Waals surface area contributed by atoms with Gasteiger partial charge in [0.05, 0.1) is 4.34 Å². The molecular formula is C17H19ClN2O3S2. The van der Waals surface area contributed by atoms with Crippen LogP contribution in [0.3, 0.4) is 0 Å². The molecule has 1 amide bonds. The van der Waals surface area contributed by atoms with Gasteiger partial charge in [-0.05, 0) is 62.1 Å². The number of hydrogen-bond donors (Lipinski definition) is 1. The lowest BCUT2D eigenvalue weighted by Crippen LogP contribution is -2.42. The minimum atomic E-state index is -3.71. The zero-order valence-electron chi connectivity index (χ0n) is 14.0. The summed E-state index contributed by atoms with van der Waals surface area (Å²) in [5.41, 5.74) is 2.77. The highest BCUT2D eigenvalue weighted by atomic mass is 35.5. The number of nitrogens with zero attached hydrogens (tertiary/aromatic N) is 1. The average Bonchev–Trinajstić information content (AvgIpc) is 3.15. The van der Waals surface area contributed by atoms with Gasteiger partial charge in [0.15, 0.2) is 0 Å². The van der Waals surface area contributed by atoms with Crippen LogP contribution in [0.25, 0.3) is 0 Å². The van der Waals surface area contributed by atoms with Gasteiger partial charge >= 0.3 is 0 Å². The summed E-state index contributed by atoms with van der Waals surface area (Å²) in [6.07, 6.45) is 1.16. The predicted molar refractivity (Wildman–Crippen MR) is 101 cm³/mol. The van der Waals surface area contributed by atoms with Gasteiger partial charge in [0, 0.05) is 12.2 Å². The summed E-state index contributed by atoms with van der Waals surface area (Å²) in [4.78, 5) is 12.7. The number of hydrogen-bond acceptors (Lipinski definition) is 4. The Labute approximate surface area is 156 Å². The van der Waals surface area contributed by atoms with E-state index in [2.05, 4.69) is 5.32 Å². The van der Waals surface area contributed by atoms with Crippen LogP contribution in [0.2, 0.25) is 4.34 Å². The van der Waals surface area contributed by atoms with Crippen LogP contribution in [-0.4, -0.2) is 31.2 Å². The number of sulfonamides is 1. The molecule has 8 heteroatoms. The van der Waals surface area contributed by atoms with Crippen molar-refractivity contribution in [3.8, 4) is 0 Å². The van der Waals surface area contributed by atoms with Crippen molar-refractivity contribution in [1.29, 1.82) is 0 Å². The second-order valence-electron chi connectivity index (χ2n) is 6.20. The first kappa shape index (κ1) is 18.4. The fraction of sp³-hybridized carbons (Fsp3) is 0.353. The average molecular weight is 399 g/mol. The van der Waals surface area contributed by atoms with Crippen LogP contribution in [0.5, 0.6) is 0 Å². The van der Waals surface area contributed by atoms with Crippen molar-refractivity contribution < 1.29 is 13.2 Å². The summed E-state index contributed by atoms with van der Waals surface area (Å²) in [5.74, 6) is -0.297. The molecule has 1 saturated heterocycles. The van der Waals surface area contributed by atoms with Gasteiger partial charge in [0.25, 0.3) is 10.0 Å². The molecule has 0 spiro atoms. The molecular weight excluding hydrogens is 380 g/mol. The second-order valence-corrected chi connectivity index (χ2v) is 10.0. The predicted octanol–water partition coefficient (Wildman–Crippen LogP) is 3.81. The monoisotopic (exact) mass is 398 g/mol. The third kappa shape index (κ3) is 3.89. The number of carbonyl (C=O) groups excluding carboxylic acids is 1. The quantitative estimate of drug-likeness (QED) is 0.851. The molecule has 0 saturated carbocycles. The van der Waals surface area contributed by atoms with Crippen LogP contribution in [0, 0.1) is 13.8 Å². The van der Waals surface area contributed by atoms with Crippen molar-refractivity contribution in [2.45, 2.75) is 36.9 Å². The van der Waals surface area contributed by atoms with Crippen LogP contribution >= 0.6 is 22.9 Å². The Bertz CT molecular complexity index is 888. The van der Waals surface area contributed by atoms with Crippen molar-refractivity contribution in [3.05, 3.63) is 45.8 Å². The molecule has 0 aliphatic carbocycles. The lowest BCUT2D eigenvalue weighted by atomic mass is 10.1. The van der Waals surface area contributed by atoms with E-state index in [0.717, 1.165) is 22.5 Å². The number of halogens is 1. The molecule has 0 radical (unpaired) electrons. The van der Waals surface area contributed by atoms with Gasteiger partial charge < -0.3 is 5.32 Å².